The Kier molecular flexibility index (Phi) is 5.59. The van der Waals surface area contributed by atoms with Gasteiger partial charge in [-0.1, -0.05) is 0 Å². The van der Waals surface area contributed by atoms with Crippen LogP contribution < -0.4 is 10.0 Å². The molecule has 0 saturated heterocycles. The van der Waals surface area contributed by atoms with Crippen molar-refractivity contribution in [2.24, 2.45) is 0 Å². The van der Waals surface area contributed by atoms with Crippen molar-refractivity contribution in [1.82, 2.24) is 0 Å². The van der Waals surface area contributed by atoms with Gasteiger partial charge in [-0.25, -0.2) is 8.42 Å². The Bertz CT molecular complexity index is 512. The van der Waals surface area contributed by atoms with Crippen molar-refractivity contribution in [3.63, 3.8) is 0 Å². The lowest BCUT2D eigenvalue weighted by Crippen LogP contribution is -2.23. The third kappa shape index (κ3) is 5.46. The van der Waals surface area contributed by atoms with Crippen LogP contribution in [0.25, 0.3) is 0 Å². The third-order valence-corrected chi connectivity index (χ3v) is 3.11. The van der Waals surface area contributed by atoms with Crippen LogP contribution in [-0.4, -0.2) is 41.7 Å². The molecular weight excluding hydrogens is 268 g/mol. The van der Waals surface area contributed by atoms with Gasteiger partial charge in [0, 0.05) is 19.9 Å². The molecule has 0 fully saturated rings. The molecule has 0 heterocycles. The van der Waals surface area contributed by atoms with E-state index in [1.165, 1.54) is 0 Å². The lowest BCUT2D eigenvalue weighted by molar-refractivity contribution is -0.0914. The van der Waals surface area contributed by atoms with E-state index in [4.69, 9.17) is 9.47 Å². The van der Waals surface area contributed by atoms with Crippen LogP contribution in [0, 0.1) is 6.92 Å². The highest BCUT2D eigenvalue weighted by atomic mass is 32.2. The van der Waals surface area contributed by atoms with Gasteiger partial charge in [0.05, 0.1) is 18.5 Å². The van der Waals surface area contributed by atoms with Gasteiger partial charge in [0.25, 0.3) is 0 Å². The number of methoxy groups -OCH3 is 2. The number of sulfonamides is 1. The molecule has 0 bridgehead atoms. The molecule has 6 nitrogen and oxygen atoms in total. The maximum absolute atomic E-state index is 11.2. The summed E-state index contributed by atoms with van der Waals surface area (Å²) in [5.41, 5.74) is 2.28. The van der Waals surface area contributed by atoms with Gasteiger partial charge in [0.2, 0.25) is 10.0 Å². The van der Waals surface area contributed by atoms with Crippen LogP contribution in [-0.2, 0) is 19.5 Å². The van der Waals surface area contributed by atoms with Crippen molar-refractivity contribution in [1.29, 1.82) is 0 Å². The molecule has 1 rings (SSSR count). The fourth-order valence-electron chi connectivity index (χ4n) is 1.55. The third-order valence-electron chi connectivity index (χ3n) is 2.52. The van der Waals surface area contributed by atoms with Crippen LogP contribution in [0.2, 0.25) is 0 Å². The summed E-state index contributed by atoms with van der Waals surface area (Å²) in [7, 11) is -0.117. The summed E-state index contributed by atoms with van der Waals surface area (Å²) in [4.78, 5) is 0. The summed E-state index contributed by atoms with van der Waals surface area (Å²) >= 11 is 0. The second kappa shape index (κ2) is 6.74. The van der Waals surface area contributed by atoms with Crippen molar-refractivity contribution in [3.8, 4) is 0 Å². The summed E-state index contributed by atoms with van der Waals surface area (Å²) in [6.45, 7) is 2.34. The number of hydrogen-bond acceptors (Lipinski definition) is 5. The van der Waals surface area contributed by atoms with Gasteiger partial charge in [0.1, 0.15) is 0 Å². The number of hydrogen-bond donors (Lipinski definition) is 2. The number of nitrogens with one attached hydrogen (secondary N) is 2. The maximum Gasteiger partial charge on any atom is 0.229 e. The molecule has 1 aromatic carbocycles. The minimum absolute atomic E-state index is 0.325. The Hall–Kier alpha value is -1.31. The lowest BCUT2D eigenvalue weighted by atomic mass is 10.2. The Morgan fingerprint density at radius 1 is 1.26 bits per heavy atom. The molecule has 7 heteroatoms. The first-order valence-corrected chi connectivity index (χ1v) is 7.62. The molecule has 2 N–H and O–H groups in total. The molecule has 0 unspecified atom stereocenters. The Morgan fingerprint density at radius 2 is 1.89 bits per heavy atom. The second-order valence-corrected chi connectivity index (χ2v) is 5.93. The Balaban J connectivity index is 2.71. The van der Waals surface area contributed by atoms with Crippen molar-refractivity contribution >= 4 is 21.4 Å². The zero-order chi connectivity index (χ0) is 14.5. The zero-order valence-corrected chi connectivity index (χ0v) is 12.4. The molecule has 0 atom stereocenters. The van der Waals surface area contributed by atoms with Gasteiger partial charge in [-0.15, -0.1) is 0 Å². The highest BCUT2D eigenvalue weighted by Crippen LogP contribution is 2.20. The molecule has 108 valence electrons. The monoisotopic (exact) mass is 288 g/mol. The van der Waals surface area contributed by atoms with E-state index in [1.807, 2.05) is 13.0 Å². The van der Waals surface area contributed by atoms with E-state index >= 15 is 0 Å². The smallest absolute Gasteiger partial charge is 0.229 e. The number of ether oxygens (including phenoxy) is 2. The molecular formula is C12H20N2O4S. The van der Waals surface area contributed by atoms with Crippen LogP contribution in [0.3, 0.4) is 0 Å². The van der Waals surface area contributed by atoms with Gasteiger partial charge < -0.3 is 14.8 Å². The Morgan fingerprint density at radius 3 is 2.37 bits per heavy atom. The van der Waals surface area contributed by atoms with E-state index in [1.54, 1.807) is 26.4 Å². The first kappa shape index (κ1) is 15.7. The van der Waals surface area contributed by atoms with Crippen LogP contribution >= 0.6 is 0 Å². The van der Waals surface area contributed by atoms with Gasteiger partial charge in [-0.05, 0) is 30.7 Å². The number of benzene rings is 1. The molecule has 0 radical (unpaired) electrons. The summed E-state index contributed by atoms with van der Waals surface area (Å²) in [6.07, 6.45) is 0.800. The quantitative estimate of drug-likeness (QED) is 0.742. The Labute approximate surface area is 114 Å². The molecule has 19 heavy (non-hydrogen) atoms. The molecule has 0 aliphatic rings. The van der Waals surface area contributed by atoms with Gasteiger partial charge in [-0.2, -0.15) is 0 Å². The average Bonchev–Trinajstić information content (AvgIpc) is 2.32. The van der Waals surface area contributed by atoms with Crippen molar-refractivity contribution in [3.05, 3.63) is 23.8 Å². The predicted octanol–water partition coefficient (Wildman–Crippen LogP) is 1.40. The average molecular weight is 288 g/mol. The first-order chi connectivity index (χ1) is 8.85. The first-order valence-electron chi connectivity index (χ1n) is 5.73. The normalized spacial score (nSPS) is 11.6. The predicted molar refractivity (Wildman–Crippen MR) is 75.9 cm³/mol. The number of aryl methyl sites for hydroxylation is 1. The summed E-state index contributed by atoms with van der Waals surface area (Å²) in [6, 6.07) is 5.37. The minimum atomic E-state index is -3.26. The van der Waals surface area contributed by atoms with Crippen LogP contribution in [0.15, 0.2) is 18.2 Å². The molecule has 0 aromatic heterocycles. The van der Waals surface area contributed by atoms with Crippen LogP contribution in [0.1, 0.15) is 5.56 Å². The van der Waals surface area contributed by atoms with E-state index in [2.05, 4.69) is 10.0 Å². The highest BCUT2D eigenvalue weighted by molar-refractivity contribution is 7.92. The summed E-state index contributed by atoms with van der Waals surface area (Å²) in [5.74, 6) is 0. The van der Waals surface area contributed by atoms with Gasteiger partial charge >= 0.3 is 0 Å². The molecule has 0 aliphatic carbocycles. The van der Waals surface area contributed by atoms with E-state index in [9.17, 15) is 8.42 Å². The van der Waals surface area contributed by atoms with E-state index in [0.717, 1.165) is 17.5 Å². The van der Waals surface area contributed by atoms with Crippen molar-refractivity contribution in [2.75, 3.05) is 37.1 Å². The van der Waals surface area contributed by atoms with E-state index < -0.39 is 10.0 Å². The molecule has 0 spiro atoms. The van der Waals surface area contributed by atoms with Gasteiger partial charge in [-0.3, -0.25) is 4.72 Å². The summed E-state index contributed by atoms with van der Waals surface area (Å²) < 4.78 is 34.9. The largest absolute Gasteiger partial charge is 0.380 e. The van der Waals surface area contributed by atoms with E-state index in [-0.39, 0.29) is 6.29 Å². The van der Waals surface area contributed by atoms with Crippen molar-refractivity contribution in [2.45, 2.75) is 13.2 Å². The fraction of sp³-hybridized carbons (Fsp3) is 0.500. The number of anilines is 2. The topological polar surface area (TPSA) is 76.7 Å². The van der Waals surface area contributed by atoms with Crippen molar-refractivity contribution < 1.29 is 17.9 Å². The maximum atomic E-state index is 11.2. The fourth-order valence-corrected chi connectivity index (χ4v) is 2.18. The second-order valence-electron chi connectivity index (χ2n) is 4.19. The molecule has 0 amide bonds. The number of rotatable bonds is 7. The zero-order valence-electron chi connectivity index (χ0n) is 11.6. The van der Waals surface area contributed by atoms with Crippen LogP contribution in [0.5, 0.6) is 0 Å². The molecule has 1 aromatic rings. The molecule has 0 aliphatic heterocycles. The lowest BCUT2D eigenvalue weighted by Gasteiger charge is -2.16. The SMILES string of the molecule is COC(CNc1ccc(NS(C)(=O)=O)c(C)c1)OC. The van der Waals surface area contributed by atoms with Crippen LogP contribution in [0.4, 0.5) is 11.4 Å². The minimum Gasteiger partial charge on any atom is -0.380 e. The summed E-state index contributed by atoms with van der Waals surface area (Å²) in [5, 5.41) is 3.15. The standard InChI is InChI=1S/C12H20N2O4S/c1-9-7-10(13-8-12(17-2)18-3)5-6-11(9)14-19(4,15)16/h5-7,12-14H,8H2,1-4H3. The molecule has 0 saturated carbocycles. The van der Waals surface area contributed by atoms with E-state index in [0.29, 0.717) is 12.2 Å². The van der Waals surface area contributed by atoms with Gasteiger partial charge in [0.15, 0.2) is 6.29 Å². The highest BCUT2D eigenvalue weighted by Gasteiger charge is 2.07.